The molecular formula is C23H28N2O5. The van der Waals surface area contributed by atoms with Crippen LogP contribution in [0, 0.1) is 6.92 Å². The molecule has 0 aliphatic rings. The van der Waals surface area contributed by atoms with E-state index in [0.717, 1.165) is 11.1 Å². The lowest BCUT2D eigenvalue weighted by Gasteiger charge is -2.13. The standard InChI is InChI=1S/C23H28N2O5/c1-15(2)18-7-6-16(3)20(12-18)29-14-22(27)30-13-21(26)24-19-10-8-17(9-11-19)23(28)25(4)5/h6-12,15H,13-14H2,1-5H3,(H,24,26). The van der Waals surface area contributed by atoms with Crippen molar-refractivity contribution in [2.24, 2.45) is 0 Å². The number of nitrogens with one attached hydrogen (secondary N) is 1. The number of esters is 1. The van der Waals surface area contributed by atoms with Crippen LogP contribution in [0.3, 0.4) is 0 Å². The minimum absolute atomic E-state index is 0.129. The van der Waals surface area contributed by atoms with Crippen LogP contribution in [-0.4, -0.2) is 50.0 Å². The van der Waals surface area contributed by atoms with Gasteiger partial charge in [-0.2, -0.15) is 0 Å². The molecule has 7 nitrogen and oxygen atoms in total. The Labute approximate surface area is 177 Å². The summed E-state index contributed by atoms with van der Waals surface area (Å²) in [5.74, 6) is -0.274. The number of benzene rings is 2. The number of anilines is 1. The molecule has 0 bridgehead atoms. The summed E-state index contributed by atoms with van der Waals surface area (Å²) in [5.41, 5.74) is 3.05. The van der Waals surface area contributed by atoms with Crippen LogP contribution >= 0.6 is 0 Å². The van der Waals surface area contributed by atoms with E-state index < -0.39 is 18.5 Å². The summed E-state index contributed by atoms with van der Waals surface area (Å²) in [6.45, 7) is 5.35. The van der Waals surface area contributed by atoms with E-state index >= 15 is 0 Å². The van der Waals surface area contributed by atoms with Gasteiger partial charge in [-0.15, -0.1) is 0 Å². The van der Waals surface area contributed by atoms with E-state index in [0.29, 0.717) is 22.9 Å². The average Bonchev–Trinajstić information content (AvgIpc) is 2.71. The van der Waals surface area contributed by atoms with E-state index in [1.165, 1.54) is 4.90 Å². The number of rotatable bonds is 8. The smallest absolute Gasteiger partial charge is 0.344 e. The molecule has 0 radical (unpaired) electrons. The third-order valence-electron chi connectivity index (χ3n) is 4.41. The molecule has 7 heteroatoms. The number of nitrogens with zero attached hydrogens (tertiary/aromatic N) is 1. The molecule has 0 aliphatic carbocycles. The van der Waals surface area contributed by atoms with Crippen molar-refractivity contribution in [2.45, 2.75) is 26.7 Å². The maximum Gasteiger partial charge on any atom is 0.344 e. The van der Waals surface area contributed by atoms with Gasteiger partial charge in [-0.05, 0) is 54.3 Å². The quantitative estimate of drug-likeness (QED) is 0.672. The molecule has 2 amide bonds. The number of hydrogen-bond acceptors (Lipinski definition) is 5. The highest BCUT2D eigenvalue weighted by molar-refractivity contribution is 5.96. The van der Waals surface area contributed by atoms with Gasteiger partial charge in [0.2, 0.25) is 0 Å². The molecule has 0 aromatic heterocycles. The van der Waals surface area contributed by atoms with Crippen molar-refractivity contribution < 1.29 is 23.9 Å². The summed E-state index contributed by atoms with van der Waals surface area (Å²) in [5, 5.41) is 2.61. The molecule has 2 aromatic rings. The zero-order chi connectivity index (χ0) is 22.3. The van der Waals surface area contributed by atoms with Crippen molar-refractivity contribution in [1.82, 2.24) is 4.90 Å². The number of ether oxygens (including phenoxy) is 2. The van der Waals surface area contributed by atoms with Gasteiger partial charge >= 0.3 is 5.97 Å². The van der Waals surface area contributed by atoms with Gasteiger partial charge in [-0.3, -0.25) is 9.59 Å². The molecule has 0 atom stereocenters. The summed E-state index contributed by atoms with van der Waals surface area (Å²) in [6, 6.07) is 12.3. The van der Waals surface area contributed by atoms with E-state index in [1.807, 2.05) is 25.1 Å². The fourth-order valence-electron chi connectivity index (χ4n) is 2.61. The second-order valence-corrected chi connectivity index (χ2v) is 7.45. The molecular weight excluding hydrogens is 384 g/mol. The Balaban J connectivity index is 1.80. The Morgan fingerprint density at radius 2 is 1.67 bits per heavy atom. The molecule has 0 saturated carbocycles. The van der Waals surface area contributed by atoms with E-state index in [1.54, 1.807) is 38.4 Å². The number of aryl methyl sites for hydroxylation is 1. The molecule has 30 heavy (non-hydrogen) atoms. The highest BCUT2D eigenvalue weighted by Crippen LogP contribution is 2.24. The van der Waals surface area contributed by atoms with E-state index in [-0.39, 0.29) is 12.5 Å². The van der Waals surface area contributed by atoms with Gasteiger partial charge in [0, 0.05) is 25.3 Å². The Morgan fingerprint density at radius 3 is 2.27 bits per heavy atom. The largest absolute Gasteiger partial charge is 0.482 e. The summed E-state index contributed by atoms with van der Waals surface area (Å²) in [4.78, 5) is 37.2. The Hall–Kier alpha value is -3.35. The van der Waals surface area contributed by atoms with Crippen molar-refractivity contribution in [3.63, 3.8) is 0 Å². The van der Waals surface area contributed by atoms with Crippen LogP contribution < -0.4 is 10.1 Å². The number of hydrogen-bond donors (Lipinski definition) is 1. The van der Waals surface area contributed by atoms with Crippen LogP contribution in [0.25, 0.3) is 0 Å². The van der Waals surface area contributed by atoms with Crippen LogP contribution in [0.15, 0.2) is 42.5 Å². The predicted octanol–water partition coefficient (Wildman–Crippen LogP) is 3.38. The lowest BCUT2D eigenvalue weighted by Crippen LogP contribution is -2.24. The van der Waals surface area contributed by atoms with Crippen LogP contribution in [-0.2, 0) is 14.3 Å². The van der Waals surface area contributed by atoms with E-state index in [4.69, 9.17) is 9.47 Å². The SMILES string of the molecule is Cc1ccc(C(C)C)cc1OCC(=O)OCC(=O)Nc1ccc(C(=O)N(C)C)cc1. The lowest BCUT2D eigenvalue weighted by molar-refractivity contribution is -0.149. The first-order valence-electron chi connectivity index (χ1n) is 9.68. The normalized spacial score (nSPS) is 10.5. The van der Waals surface area contributed by atoms with Crippen molar-refractivity contribution in [3.05, 3.63) is 59.2 Å². The molecule has 0 spiro atoms. The van der Waals surface area contributed by atoms with Crippen molar-refractivity contribution >= 4 is 23.5 Å². The number of carbonyl (C=O) groups is 3. The molecule has 0 unspecified atom stereocenters. The molecule has 160 valence electrons. The van der Waals surface area contributed by atoms with Gasteiger partial charge in [0.25, 0.3) is 11.8 Å². The maximum atomic E-state index is 12.0. The zero-order valence-electron chi connectivity index (χ0n) is 18.0. The molecule has 0 aliphatic heterocycles. The van der Waals surface area contributed by atoms with Gasteiger partial charge in [0.05, 0.1) is 0 Å². The summed E-state index contributed by atoms with van der Waals surface area (Å²) in [7, 11) is 3.33. The van der Waals surface area contributed by atoms with Crippen LogP contribution in [0.4, 0.5) is 5.69 Å². The Morgan fingerprint density at radius 1 is 1.00 bits per heavy atom. The van der Waals surface area contributed by atoms with E-state index in [9.17, 15) is 14.4 Å². The third-order valence-corrected chi connectivity index (χ3v) is 4.41. The van der Waals surface area contributed by atoms with E-state index in [2.05, 4.69) is 19.2 Å². The second-order valence-electron chi connectivity index (χ2n) is 7.45. The highest BCUT2D eigenvalue weighted by Gasteiger charge is 2.12. The van der Waals surface area contributed by atoms with Crippen LogP contribution in [0.1, 0.15) is 41.3 Å². The second kappa shape index (κ2) is 10.4. The molecule has 1 N–H and O–H groups in total. The fraction of sp³-hybridized carbons (Fsp3) is 0.348. The minimum Gasteiger partial charge on any atom is -0.482 e. The molecule has 0 heterocycles. The summed E-state index contributed by atoms with van der Waals surface area (Å²) >= 11 is 0. The zero-order valence-corrected chi connectivity index (χ0v) is 18.0. The van der Waals surface area contributed by atoms with Gasteiger partial charge in [-0.1, -0.05) is 26.0 Å². The topological polar surface area (TPSA) is 84.9 Å². The first-order valence-corrected chi connectivity index (χ1v) is 9.68. The molecule has 0 fully saturated rings. The summed E-state index contributed by atoms with van der Waals surface area (Å²) in [6.07, 6.45) is 0. The van der Waals surface area contributed by atoms with Gasteiger partial charge in [0.15, 0.2) is 13.2 Å². The molecule has 2 rings (SSSR count). The van der Waals surface area contributed by atoms with Crippen LogP contribution in [0.5, 0.6) is 5.75 Å². The van der Waals surface area contributed by atoms with Crippen molar-refractivity contribution in [3.8, 4) is 5.75 Å². The number of carbonyl (C=O) groups excluding carboxylic acids is 3. The highest BCUT2D eigenvalue weighted by atomic mass is 16.6. The monoisotopic (exact) mass is 412 g/mol. The minimum atomic E-state index is -0.633. The van der Waals surface area contributed by atoms with Crippen molar-refractivity contribution in [2.75, 3.05) is 32.6 Å². The van der Waals surface area contributed by atoms with Crippen LogP contribution in [0.2, 0.25) is 0 Å². The molecule has 0 saturated heterocycles. The fourth-order valence-corrected chi connectivity index (χ4v) is 2.61. The lowest BCUT2D eigenvalue weighted by atomic mass is 10.0. The molecule has 2 aromatic carbocycles. The average molecular weight is 412 g/mol. The maximum absolute atomic E-state index is 12.0. The first kappa shape index (κ1) is 22.9. The Bertz CT molecular complexity index is 904. The van der Waals surface area contributed by atoms with Gasteiger partial charge < -0.3 is 19.7 Å². The number of amides is 2. The third kappa shape index (κ3) is 6.62. The van der Waals surface area contributed by atoms with Gasteiger partial charge in [-0.25, -0.2) is 4.79 Å². The predicted molar refractivity (Wildman–Crippen MR) is 115 cm³/mol. The Kier molecular flexibility index (Phi) is 7.98. The van der Waals surface area contributed by atoms with Gasteiger partial charge in [0.1, 0.15) is 5.75 Å². The van der Waals surface area contributed by atoms with Crippen molar-refractivity contribution in [1.29, 1.82) is 0 Å². The first-order chi connectivity index (χ1) is 14.2. The summed E-state index contributed by atoms with van der Waals surface area (Å²) < 4.78 is 10.5.